The molecular formula is C22H23NO4S. The highest BCUT2D eigenvalue weighted by Crippen LogP contribution is 2.29. The summed E-state index contributed by atoms with van der Waals surface area (Å²) in [6, 6.07) is 15.3. The van der Waals surface area contributed by atoms with Crippen LogP contribution in [0.1, 0.15) is 38.1 Å². The Balaban J connectivity index is 1.86. The molecule has 28 heavy (non-hydrogen) atoms. The molecule has 0 unspecified atom stereocenters. The van der Waals surface area contributed by atoms with E-state index in [1.54, 1.807) is 48.5 Å². The van der Waals surface area contributed by atoms with Gasteiger partial charge in [0, 0.05) is 12.1 Å². The van der Waals surface area contributed by atoms with Gasteiger partial charge < -0.3 is 9.73 Å². The molecule has 0 aliphatic carbocycles. The summed E-state index contributed by atoms with van der Waals surface area (Å²) in [5.74, 6) is -0.0280. The smallest absolute Gasteiger partial charge is 0.251 e. The quantitative estimate of drug-likeness (QED) is 0.678. The van der Waals surface area contributed by atoms with Gasteiger partial charge >= 0.3 is 0 Å². The summed E-state index contributed by atoms with van der Waals surface area (Å²) in [6.45, 7) is 5.71. The fourth-order valence-electron chi connectivity index (χ4n) is 2.90. The number of rotatable bonds is 6. The Kier molecular flexibility index (Phi) is 5.70. The third kappa shape index (κ3) is 4.17. The van der Waals surface area contributed by atoms with Crippen LogP contribution in [0.4, 0.5) is 0 Å². The van der Waals surface area contributed by atoms with E-state index in [-0.39, 0.29) is 17.3 Å². The molecule has 0 fully saturated rings. The van der Waals surface area contributed by atoms with Crippen LogP contribution in [0, 0.1) is 20.8 Å². The number of aryl methyl sites for hydroxylation is 3. The maximum absolute atomic E-state index is 13.2. The number of nitrogens with one attached hydrogen (secondary N) is 1. The van der Waals surface area contributed by atoms with E-state index in [4.69, 9.17) is 4.42 Å². The zero-order valence-corrected chi connectivity index (χ0v) is 16.9. The third-order valence-corrected chi connectivity index (χ3v) is 6.88. The van der Waals surface area contributed by atoms with Crippen molar-refractivity contribution in [3.63, 3.8) is 0 Å². The Bertz CT molecular complexity index is 1070. The van der Waals surface area contributed by atoms with Crippen LogP contribution in [-0.2, 0) is 9.84 Å². The molecule has 0 saturated heterocycles. The first-order valence-corrected chi connectivity index (χ1v) is 10.5. The van der Waals surface area contributed by atoms with Crippen LogP contribution in [-0.4, -0.2) is 20.9 Å². The van der Waals surface area contributed by atoms with Gasteiger partial charge in [-0.25, -0.2) is 8.42 Å². The summed E-state index contributed by atoms with van der Waals surface area (Å²) in [5, 5.41) is 1.73. The molecule has 1 heterocycles. The first kappa shape index (κ1) is 19.9. The van der Waals surface area contributed by atoms with Crippen LogP contribution in [0.2, 0.25) is 0 Å². The summed E-state index contributed by atoms with van der Waals surface area (Å²) in [7, 11) is -3.74. The maximum Gasteiger partial charge on any atom is 0.251 e. The molecule has 0 aliphatic rings. The Labute approximate surface area is 165 Å². The zero-order chi connectivity index (χ0) is 20.3. The Morgan fingerprint density at radius 1 is 1.00 bits per heavy atom. The fourth-order valence-corrected chi connectivity index (χ4v) is 4.49. The number of benzene rings is 2. The summed E-state index contributed by atoms with van der Waals surface area (Å²) < 4.78 is 31.7. The molecule has 1 aromatic heterocycles. The van der Waals surface area contributed by atoms with Crippen molar-refractivity contribution in [2.75, 3.05) is 6.54 Å². The SMILES string of the molecule is Cc1ccc(S(=O)(=O)[C@@H](CNC(=O)c2ccc(C)c(C)c2)c2ccco2)cc1. The van der Waals surface area contributed by atoms with E-state index in [9.17, 15) is 13.2 Å². The van der Waals surface area contributed by atoms with Crippen molar-refractivity contribution < 1.29 is 17.6 Å². The van der Waals surface area contributed by atoms with Gasteiger partial charge in [-0.05, 0) is 68.3 Å². The monoisotopic (exact) mass is 397 g/mol. The van der Waals surface area contributed by atoms with Gasteiger partial charge in [-0.3, -0.25) is 4.79 Å². The van der Waals surface area contributed by atoms with E-state index in [1.807, 2.05) is 26.8 Å². The largest absolute Gasteiger partial charge is 0.468 e. The van der Waals surface area contributed by atoms with Crippen molar-refractivity contribution in [1.29, 1.82) is 0 Å². The molecule has 0 bridgehead atoms. The molecule has 1 atom stereocenters. The number of amides is 1. The van der Waals surface area contributed by atoms with Gasteiger partial charge in [-0.2, -0.15) is 0 Å². The predicted octanol–water partition coefficient (Wildman–Crippen LogP) is 4.15. The Hall–Kier alpha value is -2.86. The third-order valence-electron chi connectivity index (χ3n) is 4.80. The number of furan rings is 1. The molecule has 0 radical (unpaired) electrons. The van der Waals surface area contributed by atoms with Crippen LogP contribution < -0.4 is 5.32 Å². The summed E-state index contributed by atoms with van der Waals surface area (Å²) in [4.78, 5) is 12.7. The molecule has 2 aromatic carbocycles. The molecule has 146 valence electrons. The standard InChI is InChI=1S/C22H23NO4S/c1-15-6-10-19(11-7-15)28(25,26)21(20-5-4-12-27-20)14-23-22(24)18-9-8-16(2)17(3)13-18/h4-13,21H,14H2,1-3H3,(H,23,24)/t21-/m0/s1. The van der Waals surface area contributed by atoms with Crippen LogP contribution in [0.25, 0.3) is 0 Å². The Morgan fingerprint density at radius 3 is 2.32 bits per heavy atom. The van der Waals surface area contributed by atoms with Crippen molar-refractivity contribution >= 4 is 15.7 Å². The molecule has 3 aromatic rings. The minimum absolute atomic E-state index is 0.0878. The molecule has 3 rings (SSSR count). The van der Waals surface area contributed by atoms with E-state index in [0.29, 0.717) is 11.3 Å². The van der Waals surface area contributed by atoms with Gasteiger partial charge in [0.2, 0.25) is 0 Å². The second-order valence-corrected chi connectivity index (χ2v) is 9.00. The lowest BCUT2D eigenvalue weighted by molar-refractivity contribution is 0.0953. The molecule has 5 nitrogen and oxygen atoms in total. The van der Waals surface area contributed by atoms with Crippen molar-refractivity contribution in [3.05, 3.63) is 88.9 Å². The number of hydrogen-bond donors (Lipinski definition) is 1. The highest BCUT2D eigenvalue weighted by Gasteiger charge is 2.32. The van der Waals surface area contributed by atoms with Gasteiger partial charge in [-0.1, -0.05) is 23.8 Å². The van der Waals surface area contributed by atoms with E-state index < -0.39 is 15.1 Å². The predicted molar refractivity (Wildman–Crippen MR) is 108 cm³/mol. The number of hydrogen-bond acceptors (Lipinski definition) is 4. The summed E-state index contributed by atoms with van der Waals surface area (Å²) in [5.41, 5.74) is 3.56. The lowest BCUT2D eigenvalue weighted by Crippen LogP contribution is -2.31. The highest BCUT2D eigenvalue weighted by atomic mass is 32.2. The van der Waals surface area contributed by atoms with Crippen molar-refractivity contribution in [3.8, 4) is 0 Å². The normalized spacial score (nSPS) is 12.5. The topological polar surface area (TPSA) is 76.4 Å². The molecule has 0 saturated carbocycles. The van der Waals surface area contributed by atoms with Gasteiger partial charge in [-0.15, -0.1) is 0 Å². The van der Waals surface area contributed by atoms with E-state index in [0.717, 1.165) is 16.7 Å². The fraction of sp³-hybridized carbons (Fsp3) is 0.227. The van der Waals surface area contributed by atoms with Crippen molar-refractivity contribution in [1.82, 2.24) is 5.32 Å². The second-order valence-electron chi connectivity index (χ2n) is 6.87. The first-order chi connectivity index (χ1) is 13.3. The maximum atomic E-state index is 13.2. The van der Waals surface area contributed by atoms with E-state index in [2.05, 4.69) is 5.32 Å². The van der Waals surface area contributed by atoms with Gasteiger partial charge in [0.1, 0.15) is 11.0 Å². The van der Waals surface area contributed by atoms with Crippen LogP contribution in [0.3, 0.4) is 0 Å². The zero-order valence-electron chi connectivity index (χ0n) is 16.1. The summed E-state index contributed by atoms with van der Waals surface area (Å²) in [6.07, 6.45) is 1.43. The molecule has 1 N–H and O–H groups in total. The number of sulfone groups is 1. The minimum atomic E-state index is -3.74. The first-order valence-electron chi connectivity index (χ1n) is 8.98. The Morgan fingerprint density at radius 2 is 1.71 bits per heavy atom. The van der Waals surface area contributed by atoms with Gasteiger partial charge in [0.15, 0.2) is 9.84 Å². The van der Waals surface area contributed by atoms with Crippen LogP contribution >= 0.6 is 0 Å². The molecule has 0 spiro atoms. The molecule has 0 aliphatic heterocycles. The summed E-state index contributed by atoms with van der Waals surface area (Å²) >= 11 is 0. The van der Waals surface area contributed by atoms with Crippen LogP contribution in [0.15, 0.2) is 70.2 Å². The van der Waals surface area contributed by atoms with Crippen LogP contribution in [0.5, 0.6) is 0 Å². The van der Waals surface area contributed by atoms with E-state index in [1.165, 1.54) is 6.26 Å². The van der Waals surface area contributed by atoms with Gasteiger partial charge in [0.05, 0.1) is 11.2 Å². The van der Waals surface area contributed by atoms with E-state index >= 15 is 0 Å². The average Bonchev–Trinajstić information content (AvgIpc) is 3.18. The number of carbonyl (C=O) groups is 1. The minimum Gasteiger partial charge on any atom is -0.468 e. The molecule has 1 amide bonds. The second kappa shape index (κ2) is 8.02. The van der Waals surface area contributed by atoms with Crippen molar-refractivity contribution in [2.24, 2.45) is 0 Å². The lowest BCUT2D eigenvalue weighted by Gasteiger charge is -2.17. The number of carbonyl (C=O) groups excluding carboxylic acids is 1. The highest BCUT2D eigenvalue weighted by molar-refractivity contribution is 7.91. The van der Waals surface area contributed by atoms with Crippen molar-refractivity contribution in [2.45, 2.75) is 30.9 Å². The molecule has 6 heteroatoms. The van der Waals surface area contributed by atoms with Gasteiger partial charge in [0.25, 0.3) is 5.91 Å². The molecular weight excluding hydrogens is 374 g/mol. The average molecular weight is 397 g/mol. The lowest BCUT2D eigenvalue weighted by atomic mass is 10.1.